The van der Waals surface area contributed by atoms with Gasteiger partial charge >= 0.3 is 0 Å². The molecule has 27 heavy (non-hydrogen) atoms. The van der Waals surface area contributed by atoms with E-state index in [0.717, 1.165) is 4.90 Å². The van der Waals surface area contributed by atoms with E-state index >= 15 is 0 Å². The van der Waals surface area contributed by atoms with Gasteiger partial charge in [0.05, 0.1) is 33.2 Å². The average molecular weight is 374 g/mol. The Morgan fingerprint density at radius 1 is 1.00 bits per heavy atom. The highest BCUT2D eigenvalue weighted by Crippen LogP contribution is 2.40. The molecule has 1 saturated heterocycles. The highest BCUT2D eigenvalue weighted by molar-refractivity contribution is 6.08. The molecule has 8 nitrogen and oxygen atoms in total. The van der Waals surface area contributed by atoms with Gasteiger partial charge < -0.3 is 19.5 Å². The van der Waals surface area contributed by atoms with E-state index in [4.69, 9.17) is 14.2 Å². The van der Waals surface area contributed by atoms with Crippen LogP contribution in [-0.2, 0) is 14.4 Å². The number of carbonyl (C=O) groups is 3. The van der Waals surface area contributed by atoms with E-state index in [2.05, 4.69) is 5.32 Å². The van der Waals surface area contributed by atoms with Gasteiger partial charge in [-0.15, -0.1) is 0 Å². The molecule has 144 valence electrons. The number of carbonyl (C=O) groups excluding carboxylic acids is 3. The topological polar surface area (TPSA) is 94.2 Å². The molecule has 2 aliphatic rings. The van der Waals surface area contributed by atoms with Crippen LogP contribution in [0.5, 0.6) is 17.2 Å². The summed E-state index contributed by atoms with van der Waals surface area (Å²) in [6.07, 6.45) is 4.90. The van der Waals surface area contributed by atoms with Crippen LogP contribution < -0.4 is 19.5 Å². The van der Waals surface area contributed by atoms with Crippen molar-refractivity contribution in [3.63, 3.8) is 0 Å². The minimum absolute atomic E-state index is 0.283. The molecule has 3 rings (SSSR count). The number of likely N-dealkylation sites (tertiary alicyclic amines) is 1. The Balaban J connectivity index is 1.73. The number of anilines is 1. The molecule has 1 fully saturated rings. The van der Waals surface area contributed by atoms with Crippen LogP contribution in [-0.4, -0.2) is 50.5 Å². The number of rotatable bonds is 6. The van der Waals surface area contributed by atoms with Gasteiger partial charge in [-0.05, 0) is 12.8 Å². The number of allylic oxidation sites excluding steroid dienone is 2. The highest BCUT2D eigenvalue weighted by atomic mass is 16.5. The predicted molar refractivity (Wildman–Crippen MR) is 96.8 cm³/mol. The van der Waals surface area contributed by atoms with Crippen LogP contribution in [0.25, 0.3) is 0 Å². The Kier molecular flexibility index (Phi) is 5.34. The number of imide groups is 1. The monoisotopic (exact) mass is 374 g/mol. The van der Waals surface area contributed by atoms with E-state index in [0.29, 0.717) is 35.8 Å². The Morgan fingerprint density at radius 3 is 1.96 bits per heavy atom. The van der Waals surface area contributed by atoms with Crippen molar-refractivity contribution >= 4 is 23.4 Å². The van der Waals surface area contributed by atoms with Crippen molar-refractivity contribution in [3.05, 3.63) is 24.3 Å². The first-order valence-corrected chi connectivity index (χ1v) is 8.60. The molecule has 0 bridgehead atoms. The maximum atomic E-state index is 12.5. The molecule has 0 unspecified atom stereocenters. The van der Waals surface area contributed by atoms with Crippen LogP contribution in [0, 0.1) is 11.8 Å². The second-order valence-electron chi connectivity index (χ2n) is 6.38. The molecule has 8 heteroatoms. The zero-order chi connectivity index (χ0) is 19.6. The Hall–Kier alpha value is -3.03. The number of nitrogens with zero attached hydrogens (tertiary/aromatic N) is 1. The highest BCUT2D eigenvalue weighted by Gasteiger charge is 2.47. The van der Waals surface area contributed by atoms with Crippen LogP contribution in [0.4, 0.5) is 5.69 Å². The Morgan fingerprint density at radius 2 is 1.52 bits per heavy atom. The lowest BCUT2D eigenvalue weighted by Crippen LogP contribution is -2.38. The van der Waals surface area contributed by atoms with Crippen molar-refractivity contribution < 1.29 is 28.6 Å². The Bertz CT molecular complexity index is 752. The number of hydrogen-bond acceptors (Lipinski definition) is 6. The first-order chi connectivity index (χ1) is 13.0. The first kappa shape index (κ1) is 18.8. The van der Waals surface area contributed by atoms with Crippen LogP contribution in [0.15, 0.2) is 24.3 Å². The summed E-state index contributed by atoms with van der Waals surface area (Å²) in [5.41, 5.74) is 0.410. The molecule has 1 aliphatic carbocycles. The predicted octanol–water partition coefficient (Wildman–Crippen LogP) is 1.60. The molecule has 1 N–H and O–H groups in total. The third-order valence-electron chi connectivity index (χ3n) is 4.85. The van der Waals surface area contributed by atoms with Gasteiger partial charge in [-0.25, -0.2) is 0 Å². The van der Waals surface area contributed by atoms with Gasteiger partial charge in [0.1, 0.15) is 6.54 Å². The first-order valence-electron chi connectivity index (χ1n) is 8.60. The summed E-state index contributed by atoms with van der Waals surface area (Å²) in [4.78, 5) is 38.4. The smallest absolute Gasteiger partial charge is 0.244 e. The third kappa shape index (κ3) is 3.47. The molecule has 2 atom stereocenters. The molecular weight excluding hydrogens is 352 g/mol. The normalized spacial score (nSPS) is 21.1. The van der Waals surface area contributed by atoms with E-state index in [1.54, 1.807) is 12.1 Å². The number of ether oxygens (including phenoxy) is 3. The maximum absolute atomic E-state index is 12.5. The summed E-state index contributed by atoms with van der Waals surface area (Å²) in [5.74, 6) is -0.566. The van der Waals surface area contributed by atoms with E-state index in [1.807, 2.05) is 12.2 Å². The number of nitrogens with one attached hydrogen (secondary N) is 1. The zero-order valence-electron chi connectivity index (χ0n) is 15.5. The summed E-state index contributed by atoms with van der Waals surface area (Å²) in [7, 11) is 4.43. The van der Waals surface area contributed by atoms with Crippen molar-refractivity contribution in [2.24, 2.45) is 11.8 Å². The van der Waals surface area contributed by atoms with Gasteiger partial charge in [-0.3, -0.25) is 19.3 Å². The van der Waals surface area contributed by atoms with Crippen molar-refractivity contribution in [1.29, 1.82) is 0 Å². The van der Waals surface area contributed by atoms with E-state index in [-0.39, 0.29) is 30.2 Å². The number of methoxy groups -OCH3 is 3. The fourth-order valence-electron chi connectivity index (χ4n) is 3.52. The van der Waals surface area contributed by atoms with Gasteiger partial charge in [0.15, 0.2) is 11.5 Å². The largest absolute Gasteiger partial charge is 0.493 e. The summed E-state index contributed by atoms with van der Waals surface area (Å²) in [6, 6.07) is 3.16. The Labute approximate surface area is 157 Å². The standard InChI is InChI=1S/C19H22N2O6/c1-25-14-8-11(9-15(26-2)17(14)27-3)20-16(22)10-21-18(23)12-6-4-5-7-13(12)19(21)24/h4-5,8-9,12-13H,6-7,10H2,1-3H3,(H,20,22)/t12-,13+. The number of hydrogen-bond donors (Lipinski definition) is 1. The zero-order valence-corrected chi connectivity index (χ0v) is 15.5. The van der Waals surface area contributed by atoms with Crippen molar-refractivity contribution in [2.45, 2.75) is 12.8 Å². The van der Waals surface area contributed by atoms with Gasteiger partial charge in [0.2, 0.25) is 23.5 Å². The van der Waals surface area contributed by atoms with E-state index < -0.39 is 5.91 Å². The second kappa shape index (κ2) is 7.69. The minimum Gasteiger partial charge on any atom is -0.493 e. The van der Waals surface area contributed by atoms with Crippen molar-refractivity contribution in [3.8, 4) is 17.2 Å². The van der Waals surface area contributed by atoms with Crippen molar-refractivity contribution in [1.82, 2.24) is 4.90 Å². The molecular formula is C19H22N2O6. The lowest BCUT2D eigenvalue weighted by molar-refractivity contribution is -0.142. The van der Waals surface area contributed by atoms with Gasteiger partial charge in [0, 0.05) is 17.8 Å². The van der Waals surface area contributed by atoms with Crippen molar-refractivity contribution in [2.75, 3.05) is 33.2 Å². The van der Waals surface area contributed by atoms with Gasteiger partial charge in [-0.2, -0.15) is 0 Å². The molecule has 0 saturated carbocycles. The molecule has 0 aromatic heterocycles. The van der Waals surface area contributed by atoms with Crippen LogP contribution >= 0.6 is 0 Å². The average Bonchev–Trinajstić information content (AvgIpc) is 2.92. The third-order valence-corrected chi connectivity index (χ3v) is 4.85. The molecule has 1 aliphatic heterocycles. The molecule has 1 aromatic rings. The number of fused-ring (bicyclic) bond motifs is 1. The molecule has 1 heterocycles. The summed E-state index contributed by atoms with van der Waals surface area (Å²) in [6.45, 7) is -0.318. The van der Waals surface area contributed by atoms with Crippen LogP contribution in [0.1, 0.15) is 12.8 Å². The number of benzene rings is 1. The molecule has 0 radical (unpaired) electrons. The quantitative estimate of drug-likeness (QED) is 0.600. The van der Waals surface area contributed by atoms with Gasteiger partial charge in [-0.1, -0.05) is 12.2 Å². The molecule has 0 spiro atoms. The van der Waals surface area contributed by atoms with E-state index in [1.165, 1.54) is 21.3 Å². The lowest BCUT2D eigenvalue weighted by Gasteiger charge is -2.17. The molecule has 1 aromatic carbocycles. The summed E-state index contributed by atoms with van der Waals surface area (Å²) < 4.78 is 15.7. The molecule has 3 amide bonds. The SMILES string of the molecule is COc1cc(NC(=O)CN2C(=O)[C@H]3CC=CC[C@H]3C2=O)cc(OC)c1OC. The fraction of sp³-hybridized carbons (Fsp3) is 0.421. The van der Waals surface area contributed by atoms with Crippen LogP contribution in [0.2, 0.25) is 0 Å². The second-order valence-corrected chi connectivity index (χ2v) is 6.38. The summed E-state index contributed by atoms with van der Waals surface area (Å²) >= 11 is 0. The van der Waals surface area contributed by atoms with E-state index in [9.17, 15) is 14.4 Å². The lowest BCUT2D eigenvalue weighted by atomic mass is 9.85. The minimum atomic E-state index is -0.474. The van der Waals surface area contributed by atoms with Crippen LogP contribution in [0.3, 0.4) is 0 Å². The summed E-state index contributed by atoms with van der Waals surface area (Å²) in [5, 5.41) is 2.68. The maximum Gasteiger partial charge on any atom is 0.244 e. The van der Waals surface area contributed by atoms with Gasteiger partial charge in [0.25, 0.3) is 0 Å². The fourth-order valence-corrected chi connectivity index (χ4v) is 3.52. The number of amides is 3.